The Balaban J connectivity index is 2.14. The normalized spacial score (nSPS) is 19.3. The molecule has 1 rings (SSSR count). The highest BCUT2D eigenvalue weighted by molar-refractivity contribution is 5.78. The number of amides is 1. The zero-order valence-electron chi connectivity index (χ0n) is 9.94. The average molecular weight is 252 g/mol. The summed E-state index contributed by atoms with van der Waals surface area (Å²) in [6.07, 6.45) is -0.919. The average Bonchev–Trinajstić information content (AvgIpc) is 2.64. The molecule has 1 amide bonds. The molecule has 6 heteroatoms. The van der Waals surface area contributed by atoms with Crippen LogP contribution in [0.3, 0.4) is 0 Å². The molecule has 1 unspecified atom stereocenters. The number of hydrogen-bond acceptors (Lipinski definition) is 2. The van der Waals surface area contributed by atoms with E-state index in [9.17, 15) is 18.0 Å². The van der Waals surface area contributed by atoms with Crippen molar-refractivity contribution in [1.29, 1.82) is 0 Å². The Bertz CT molecular complexity index is 250. The number of nitrogens with one attached hydrogen (secondary N) is 2. The molecular weight excluding hydrogens is 233 g/mol. The van der Waals surface area contributed by atoms with Crippen LogP contribution in [0.1, 0.15) is 39.0 Å². The van der Waals surface area contributed by atoms with Gasteiger partial charge in [-0.2, -0.15) is 13.2 Å². The van der Waals surface area contributed by atoms with E-state index in [2.05, 4.69) is 10.6 Å². The van der Waals surface area contributed by atoms with E-state index in [1.807, 2.05) is 0 Å². The van der Waals surface area contributed by atoms with Gasteiger partial charge in [0.15, 0.2) is 0 Å². The zero-order chi connectivity index (χ0) is 12.9. The SMILES string of the molecule is CC(CC(F)(F)F)NCC(=O)NC1CCCC1. The Morgan fingerprint density at radius 3 is 2.47 bits per heavy atom. The molecule has 1 atom stereocenters. The fourth-order valence-electron chi connectivity index (χ4n) is 2.04. The Kier molecular flexibility index (Phi) is 5.24. The van der Waals surface area contributed by atoms with Crippen LogP contribution in [0.2, 0.25) is 0 Å². The van der Waals surface area contributed by atoms with Gasteiger partial charge < -0.3 is 10.6 Å². The van der Waals surface area contributed by atoms with Crippen molar-refractivity contribution >= 4 is 5.91 Å². The molecule has 1 aliphatic carbocycles. The van der Waals surface area contributed by atoms with Gasteiger partial charge in [-0.25, -0.2) is 0 Å². The fourth-order valence-corrected chi connectivity index (χ4v) is 2.04. The van der Waals surface area contributed by atoms with Crippen molar-refractivity contribution in [3.63, 3.8) is 0 Å². The third-order valence-electron chi connectivity index (χ3n) is 2.87. The standard InChI is InChI=1S/C11H19F3N2O/c1-8(6-11(12,13)14)15-7-10(17)16-9-4-2-3-5-9/h8-9,15H,2-7H2,1H3,(H,16,17). The van der Waals surface area contributed by atoms with E-state index in [0.29, 0.717) is 0 Å². The first kappa shape index (κ1) is 14.3. The highest BCUT2D eigenvalue weighted by Gasteiger charge is 2.30. The maximum atomic E-state index is 12.0. The minimum atomic E-state index is -4.19. The van der Waals surface area contributed by atoms with Gasteiger partial charge >= 0.3 is 6.18 Å². The molecule has 17 heavy (non-hydrogen) atoms. The second-order valence-corrected chi connectivity index (χ2v) is 4.65. The first-order valence-corrected chi connectivity index (χ1v) is 5.96. The van der Waals surface area contributed by atoms with E-state index < -0.39 is 18.6 Å². The van der Waals surface area contributed by atoms with Gasteiger partial charge in [0.25, 0.3) is 0 Å². The van der Waals surface area contributed by atoms with Crippen molar-refractivity contribution in [2.45, 2.75) is 57.3 Å². The van der Waals surface area contributed by atoms with Crippen molar-refractivity contribution in [3.8, 4) is 0 Å². The number of alkyl halides is 3. The lowest BCUT2D eigenvalue weighted by Gasteiger charge is -2.17. The lowest BCUT2D eigenvalue weighted by molar-refractivity contribution is -0.140. The Labute approximate surface area is 99.1 Å². The van der Waals surface area contributed by atoms with Crippen LogP contribution in [0, 0.1) is 0 Å². The predicted molar refractivity (Wildman–Crippen MR) is 58.5 cm³/mol. The van der Waals surface area contributed by atoms with Gasteiger partial charge in [-0.3, -0.25) is 4.79 Å². The molecule has 0 aliphatic heterocycles. The molecule has 3 nitrogen and oxygen atoms in total. The van der Waals surface area contributed by atoms with Gasteiger partial charge in [-0.15, -0.1) is 0 Å². The van der Waals surface area contributed by atoms with Crippen LogP contribution in [-0.4, -0.2) is 30.7 Å². The zero-order valence-corrected chi connectivity index (χ0v) is 9.94. The smallest absolute Gasteiger partial charge is 0.352 e. The molecule has 0 aromatic rings. The summed E-state index contributed by atoms with van der Waals surface area (Å²) in [5.41, 5.74) is 0. The third kappa shape index (κ3) is 6.51. The molecular formula is C11H19F3N2O. The summed E-state index contributed by atoms with van der Waals surface area (Å²) in [7, 11) is 0. The van der Waals surface area contributed by atoms with Crippen molar-refractivity contribution in [2.75, 3.05) is 6.54 Å². The number of carbonyl (C=O) groups is 1. The van der Waals surface area contributed by atoms with Gasteiger partial charge in [0.2, 0.25) is 5.91 Å². The first-order valence-electron chi connectivity index (χ1n) is 5.96. The summed E-state index contributed by atoms with van der Waals surface area (Å²) in [4.78, 5) is 11.4. The van der Waals surface area contributed by atoms with Crippen molar-refractivity contribution in [1.82, 2.24) is 10.6 Å². The summed E-state index contributed by atoms with van der Waals surface area (Å²) in [5, 5.41) is 5.40. The van der Waals surface area contributed by atoms with Gasteiger partial charge in [0.05, 0.1) is 13.0 Å². The predicted octanol–water partition coefficient (Wildman–Crippen LogP) is 1.98. The van der Waals surface area contributed by atoms with Crippen molar-refractivity contribution in [3.05, 3.63) is 0 Å². The minimum Gasteiger partial charge on any atom is -0.352 e. The summed E-state index contributed by atoms with van der Waals surface area (Å²) >= 11 is 0. The molecule has 0 bridgehead atoms. The molecule has 2 N–H and O–H groups in total. The molecule has 1 fully saturated rings. The molecule has 0 saturated heterocycles. The number of hydrogen-bond donors (Lipinski definition) is 2. The van der Waals surface area contributed by atoms with E-state index in [0.717, 1.165) is 25.7 Å². The van der Waals surface area contributed by atoms with Gasteiger partial charge in [0, 0.05) is 12.1 Å². The third-order valence-corrected chi connectivity index (χ3v) is 2.87. The van der Waals surface area contributed by atoms with Crippen LogP contribution in [0.15, 0.2) is 0 Å². The lowest BCUT2D eigenvalue weighted by Crippen LogP contribution is -2.42. The summed E-state index contributed by atoms with van der Waals surface area (Å²) < 4.78 is 36.1. The Morgan fingerprint density at radius 2 is 1.94 bits per heavy atom. The molecule has 0 heterocycles. The van der Waals surface area contributed by atoms with Crippen LogP contribution < -0.4 is 10.6 Å². The van der Waals surface area contributed by atoms with Gasteiger partial charge in [-0.1, -0.05) is 12.8 Å². The number of carbonyl (C=O) groups excluding carboxylic acids is 1. The van der Waals surface area contributed by atoms with Crippen LogP contribution in [0.4, 0.5) is 13.2 Å². The number of halogens is 3. The van der Waals surface area contributed by atoms with E-state index in [1.165, 1.54) is 6.92 Å². The molecule has 1 aliphatic rings. The minimum absolute atomic E-state index is 0.0479. The first-order chi connectivity index (χ1) is 7.87. The second-order valence-electron chi connectivity index (χ2n) is 4.65. The largest absolute Gasteiger partial charge is 0.390 e. The Morgan fingerprint density at radius 1 is 1.35 bits per heavy atom. The maximum absolute atomic E-state index is 12.0. The highest BCUT2D eigenvalue weighted by Crippen LogP contribution is 2.21. The summed E-state index contributed by atoms with van der Waals surface area (Å²) in [6, 6.07) is -0.522. The topological polar surface area (TPSA) is 41.1 Å². The van der Waals surface area contributed by atoms with Gasteiger partial charge in [0.1, 0.15) is 0 Å². The second kappa shape index (κ2) is 6.23. The molecule has 100 valence electrons. The van der Waals surface area contributed by atoms with E-state index in [-0.39, 0.29) is 18.5 Å². The van der Waals surface area contributed by atoms with Crippen molar-refractivity contribution in [2.24, 2.45) is 0 Å². The number of rotatable bonds is 5. The monoisotopic (exact) mass is 252 g/mol. The fraction of sp³-hybridized carbons (Fsp3) is 0.909. The van der Waals surface area contributed by atoms with Crippen LogP contribution >= 0.6 is 0 Å². The van der Waals surface area contributed by atoms with E-state index >= 15 is 0 Å². The van der Waals surface area contributed by atoms with Crippen LogP contribution in [-0.2, 0) is 4.79 Å². The highest BCUT2D eigenvalue weighted by atomic mass is 19.4. The quantitative estimate of drug-likeness (QED) is 0.785. The molecule has 0 spiro atoms. The molecule has 1 saturated carbocycles. The van der Waals surface area contributed by atoms with Crippen LogP contribution in [0.25, 0.3) is 0 Å². The lowest BCUT2D eigenvalue weighted by atomic mass is 10.2. The van der Waals surface area contributed by atoms with Gasteiger partial charge in [-0.05, 0) is 19.8 Å². The molecule has 0 aromatic heterocycles. The Hall–Kier alpha value is -0.780. The summed E-state index contributed by atoms with van der Waals surface area (Å²) in [6.45, 7) is 1.38. The maximum Gasteiger partial charge on any atom is 0.390 e. The molecule has 0 aromatic carbocycles. The van der Waals surface area contributed by atoms with Crippen molar-refractivity contribution < 1.29 is 18.0 Å². The van der Waals surface area contributed by atoms with E-state index in [1.54, 1.807) is 0 Å². The summed E-state index contributed by atoms with van der Waals surface area (Å²) in [5.74, 6) is -0.217. The van der Waals surface area contributed by atoms with Crippen LogP contribution in [0.5, 0.6) is 0 Å². The molecule has 0 radical (unpaired) electrons. The van der Waals surface area contributed by atoms with E-state index in [4.69, 9.17) is 0 Å².